The second-order valence-electron chi connectivity index (χ2n) is 4.19. The number of aryl methyl sites for hydroxylation is 1. The van der Waals surface area contributed by atoms with Crippen molar-refractivity contribution >= 4 is 18.3 Å². The van der Waals surface area contributed by atoms with Crippen molar-refractivity contribution in [2.45, 2.75) is 18.9 Å². The van der Waals surface area contributed by atoms with Crippen LogP contribution >= 0.6 is 12.4 Å². The minimum absolute atomic E-state index is 0. The fourth-order valence-corrected chi connectivity index (χ4v) is 1.86. The Morgan fingerprint density at radius 2 is 2.41 bits per heavy atom. The van der Waals surface area contributed by atoms with E-state index in [-0.39, 0.29) is 24.4 Å². The van der Waals surface area contributed by atoms with Crippen molar-refractivity contribution in [3.05, 3.63) is 18.0 Å². The Hall–Kier alpha value is -1.11. The van der Waals surface area contributed by atoms with Crippen LogP contribution in [0.3, 0.4) is 0 Å². The van der Waals surface area contributed by atoms with Gasteiger partial charge in [0.2, 0.25) is 0 Å². The molecule has 1 atom stereocenters. The Labute approximate surface area is 107 Å². The summed E-state index contributed by atoms with van der Waals surface area (Å²) in [6.07, 6.45) is 5.30. The number of hydrogen-bond acceptors (Lipinski definition) is 4. The van der Waals surface area contributed by atoms with Crippen LogP contribution in [0.2, 0.25) is 0 Å². The number of nitrogens with zero attached hydrogens (tertiary/aromatic N) is 3. The molecule has 0 radical (unpaired) electrons. The van der Waals surface area contributed by atoms with Crippen molar-refractivity contribution < 1.29 is 4.79 Å². The molecule has 2 rings (SSSR count). The number of rotatable bonds is 2. The highest BCUT2D eigenvalue weighted by Gasteiger charge is 2.19. The number of aromatic nitrogens is 2. The van der Waals surface area contributed by atoms with Gasteiger partial charge in [-0.25, -0.2) is 5.01 Å². The SMILES string of the molecule is Cl.Cn1cc(C(=O)NN2CCCC(N)C2)cn1. The molecule has 1 amide bonds. The van der Waals surface area contributed by atoms with Gasteiger partial charge in [-0.1, -0.05) is 0 Å². The first-order chi connectivity index (χ1) is 7.65. The molecule has 0 bridgehead atoms. The van der Waals surface area contributed by atoms with E-state index >= 15 is 0 Å². The van der Waals surface area contributed by atoms with Gasteiger partial charge in [0.1, 0.15) is 0 Å². The molecule has 0 aromatic carbocycles. The molecule has 7 heteroatoms. The van der Waals surface area contributed by atoms with Gasteiger partial charge in [-0.05, 0) is 12.8 Å². The Bertz CT molecular complexity index is 381. The minimum atomic E-state index is -0.123. The molecule has 1 saturated heterocycles. The molecule has 1 unspecified atom stereocenters. The highest BCUT2D eigenvalue weighted by atomic mass is 35.5. The second-order valence-corrected chi connectivity index (χ2v) is 4.19. The fraction of sp³-hybridized carbons (Fsp3) is 0.600. The largest absolute Gasteiger partial charge is 0.326 e. The van der Waals surface area contributed by atoms with Gasteiger partial charge in [0, 0.05) is 32.4 Å². The maximum absolute atomic E-state index is 11.8. The van der Waals surface area contributed by atoms with Crippen LogP contribution in [0.5, 0.6) is 0 Å². The van der Waals surface area contributed by atoms with E-state index in [2.05, 4.69) is 10.5 Å². The maximum atomic E-state index is 11.8. The lowest BCUT2D eigenvalue weighted by molar-refractivity contribution is 0.0731. The number of nitrogens with one attached hydrogen (secondary N) is 1. The number of amides is 1. The van der Waals surface area contributed by atoms with E-state index in [9.17, 15) is 4.79 Å². The van der Waals surface area contributed by atoms with Crippen molar-refractivity contribution in [1.82, 2.24) is 20.2 Å². The van der Waals surface area contributed by atoms with Gasteiger partial charge in [-0.2, -0.15) is 5.10 Å². The predicted octanol–water partition coefficient (Wildman–Crippen LogP) is -0.0902. The number of halogens is 1. The molecule has 1 aliphatic rings. The molecule has 96 valence electrons. The number of hydrogen-bond donors (Lipinski definition) is 2. The lowest BCUT2D eigenvalue weighted by Gasteiger charge is -2.30. The van der Waals surface area contributed by atoms with Crippen LogP contribution in [0, 0.1) is 0 Å². The highest BCUT2D eigenvalue weighted by molar-refractivity contribution is 5.93. The number of carbonyl (C=O) groups is 1. The molecule has 6 nitrogen and oxygen atoms in total. The van der Waals surface area contributed by atoms with Gasteiger partial charge in [-0.15, -0.1) is 12.4 Å². The zero-order chi connectivity index (χ0) is 11.5. The van der Waals surface area contributed by atoms with Crippen molar-refractivity contribution in [1.29, 1.82) is 0 Å². The highest BCUT2D eigenvalue weighted by Crippen LogP contribution is 2.06. The summed E-state index contributed by atoms with van der Waals surface area (Å²) in [6, 6.07) is 0.156. The van der Waals surface area contributed by atoms with Gasteiger partial charge in [-0.3, -0.25) is 14.9 Å². The first kappa shape index (κ1) is 14.0. The molecule has 17 heavy (non-hydrogen) atoms. The van der Waals surface area contributed by atoms with Gasteiger partial charge in [0.15, 0.2) is 0 Å². The van der Waals surface area contributed by atoms with Crippen LogP contribution in [-0.4, -0.2) is 39.8 Å². The first-order valence-electron chi connectivity index (χ1n) is 5.45. The lowest BCUT2D eigenvalue weighted by Crippen LogP contribution is -2.51. The standard InChI is InChI=1S/C10H17N5O.ClH/c1-14-6-8(5-12-14)10(16)13-15-4-2-3-9(11)7-15;/h5-6,9H,2-4,7,11H2,1H3,(H,13,16);1H. The number of carbonyl (C=O) groups excluding carboxylic acids is 1. The Morgan fingerprint density at radius 3 is 3.00 bits per heavy atom. The number of hydrazine groups is 1. The first-order valence-corrected chi connectivity index (χ1v) is 5.45. The number of piperidine rings is 1. The van der Waals surface area contributed by atoms with Gasteiger partial charge >= 0.3 is 0 Å². The molecule has 3 N–H and O–H groups in total. The summed E-state index contributed by atoms with van der Waals surface area (Å²) < 4.78 is 1.61. The zero-order valence-electron chi connectivity index (χ0n) is 9.80. The van der Waals surface area contributed by atoms with E-state index in [0.717, 1.165) is 19.4 Å². The number of nitrogens with two attached hydrogens (primary N) is 1. The van der Waals surface area contributed by atoms with Gasteiger partial charge < -0.3 is 5.73 Å². The lowest BCUT2D eigenvalue weighted by atomic mass is 10.1. The fourth-order valence-electron chi connectivity index (χ4n) is 1.86. The van der Waals surface area contributed by atoms with E-state index in [4.69, 9.17) is 5.73 Å². The predicted molar refractivity (Wildman–Crippen MR) is 66.7 cm³/mol. The van der Waals surface area contributed by atoms with Crippen LogP contribution in [0.1, 0.15) is 23.2 Å². The molecular weight excluding hydrogens is 242 g/mol. The topological polar surface area (TPSA) is 76.2 Å². The molecular formula is C10H18ClN5O. The molecule has 0 aliphatic carbocycles. The van der Waals surface area contributed by atoms with Gasteiger partial charge in [0.05, 0.1) is 11.8 Å². The maximum Gasteiger partial charge on any atom is 0.268 e. The average Bonchev–Trinajstić information content (AvgIpc) is 2.65. The molecule has 1 aliphatic heterocycles. The van der Waals surface area contributed by atoms with E-state index in [0.29, 0.717) is 12.1 Å². The third kappa shape index (κ3) is 3.69. The summed E-state index contributed by atoms with van der Waals surface area (Å²) in [4.78, 5) is 11.8. The van der Waals surface area contributed by atoms with Crippen molar-refractivity contribution in [3.63, 3.8) is 0 Å². The molecule has 1 aromatic rings. The Morgan fingerprint density at radius 1 is 1.65 bits per heavy atom. The van der Waals surface area contributed by atoms with E-state index in [1.807, 2.05) is 5.01 Å². The normalized spacial score (nSPS) is 20.7. The third-order valence-corrected chi connectivity index (χ3v) is 2.68. The van der Waals surface area contributed by atoms with Crippen LogP contribution in [0.15, 0.2) is 12.4 Å². The van der Waals surface area contributed by atoms with E-state index in [1.54, 1.807) is 24.1 Å². The minimum Gasteiger partial charge on any atom is -0.326 e. The third-order valence-electron chi connectivity index (χ3n) is 2.68. The molecule has 1 aromatic heterocycles. The van der Waals surface area contributed by atoms with Crippen LogP contribution in [-0.2, 0) is 7.05 Å². The summed E-state index contributed by atoms with van der Waals surface area (Å²) >= 11 is 0. The second kappa shape index (κ2) is 6.00. The van der Waals surface area contributed by atoms with Crippen LogP contribution in [0.25, 0.3) is 0 Å². The van der Waals surface area contributed by atoms with Crippen LogP contribution < -0.4 is 11.2 Å². The van der Waals surface area contributed by atoms with Crippen LogP contribution in [0.4, 0.5) is 0 Å². The van der Waals surface area contributed by atoms with E-state index in [1.165, 1.54) is 0 Å². The molecule has 0 spiro atoms. The van der Waals surface area contributed by atoms with Crippen molar-refractivity contribution in [3.8, 4) is 0 Å². The monoisotopic (exact) mass is 259 g/mol. The Kier molecular flexibility index (Phi) is 4.92. The smallest absolute Gasteiger partial charge is 0.268 e. The summed E-state index contributed by atoms with van der Waals surface area (Å²) in [7, 11) is 1.79. The molecule has 0 saturated carbocycles. The quantitative estimate of drug-likeness (QED) is 0.778. The average molecular weight is 260 g/mol. The van der Waals surface area contributed by atoms with Crippen molar-refractivity contribution in [2.75, 3.05) is 13.1 Å². The summed E-state index contributed by atoms with van der Waals surface area (Å²) in [6.45, 7) is 1.58. The molecule has 1 fully saturated rings. The summed E-state index contributed by atoms with van der Waals surface area (Å²) in [5.41, 5.74) is 9.25. The van der Waals surface area contributed by atoms with Crippen molar-refractivity contribution in [2.24, 2.45) is 12.8 Å². The van der Waals surface area contributed by atoms with Gasteiger partial charge in [0.25, 0.3) is 5.91 Å². The Balaban J connectivity index is 0.00000144. The summed E-state index contributed by atoms with van der Waals surface area (Å²) in [5.74, 6) is -0.123. The zero-order valence-corrected chi connectivity index (χ0v) is 10.6. The summed E-state index contributed by atoms with van der Waals surface area (Å²) in [5, 5.41) is 5.84. The molecule has 2 heterocycles. The van der Waals surface area contributed by atoms with E-state index < -0.39 is 0 Å².